The van der Waals surface area contributed by atoms with Gasteiger partial charge in [0.1, 0.15) is 5.75 Å². The van der Waals surface area contributed by atoms with Crippen molar-refractivity contribution < 1.29 is 4.74 Å². The summed E-state index contributed by atoms with van der Waals surface area (Å²) >= 11 is 0. The third-order valence-corrected chi connectivity index (χ3v) is 2.07. The number of terminal acetylenes is 1. The lowest BCUT2D eigenvalue weighted by atomic mass is 10.2. The van der Waals surface area contributed by atoms with Gasteiger partial charge in [0, 0.05) is 6.54 Å². The first kappa shape index (κ1) is 11.6. The maximum absolute atomic E-state index is 5.41. The van der Waals surface area contributed by atoms with Gasteiger partial charge in [-0.1, -0.05) is 18.1 Å². The van der Waals surface area contributed by atoms with E-state index < -0.39 is 0 Å². The molecular formula is C13H17NO. The third kappa shape index (κ3) is 4.05. The van der Waals surface area contributed by atoms with Crippen LogP contribution < -0.4 is 10.1 Å². The van der Waals surface area contributed by atoms with E-state index in [1.165, 1.54) is 5.56 Å². The minimum Gasteiger partial charge on any atom is -0.494 e. The van der Waals surface area contributed by atoms with Crippen molar-refractivity contribution in [3.8, 4) is 18.1 Å². The number of benzene rings is 1. The summed E-state index contributed by atoms with van der Waals surface area (Å²) in [6.07, 6.45) is 5.28. The molecule has 0 aliphatic carbocycles. The fourth-order valence-corrected chi connectivity index (χ4v) is 1.24. The molecule has 1 N–H and O–H groups in total. The summed E-state index contributed by atoms with van der Waals surface area (Å²) in [5, 5.41) is 3.23. The summed E-state index contributed by atoms with van der Waals surface area (Å²) < 4.78 is 5.41. The predicted molar refractivity (Wildman–Crippen MR) is 62.7 cm³/mol. The standard InChI is InChI=1S/C13H17NO/c1-4-11(3)14-10-12-7-6-8-13(9-12)15-5-2/h1,6-9,11,14H,5,10H2,2-3H3. The van der Waals surface area contributed by atoms with E-state index in [-0.39, 0.29) is 6.04 Å². The first-order valence-electron chi connectivity index (χ1n) is 5.17. The molecule has 1 rings (SSSR count). The van der Waals surface area contributed by atoms with E-state index in [1.807, 2.05) is 32.0 Å². The van der Waals surface area contributed by atoms with Gasteiger partial charge in [0.25, 0.3) is 0 Å². The van der Waals surface area contributed by atoms with E-state index in [1.54, 1.807) is 0 Å². The number of ether oxygens (including phenoxy) is 1. The Morgan fingerprint density at radius 2 is 2.33 bits per heavy atom. The van der Waals surface area contributed by atoms with Crippen LogP contribution in [0.15, 0.2) is 24.3 Å². The zero-order valence-corrected chi connectivity index (χ0v) is 9.29. The van der Waals surface area contributed by atoms with E-state index in [0.29, 0.717) is 6.61 Å². The molecule has 0 fully saturated rings. The van der Waals surface area contributed by atoms with Crippen molar-refractivity contribution in [2.75, 3.05) is 6.61 Å². The molecular weight excluding hydrogens is 186 g/mol. The lowest BCUT2D eigenvalue weighted by molar-refractivity contribution is 0.340. The van der Waals surface area contributed by atoms with E-state index >= 15 is 0 Å². The zero-order valence-electron chi connectivity index (χ0n) is 9.29. The second kappa shape index (κ2) is 6.10. The van der Waals surface area contributed by atoms with Gasteiger partial charge in [0.2, 0.25) is 0 Å². The largest absolute Gasteiger partial charge is 0.494 e. The Hall–Kier alpha value is -1.46. The molecule has 0 aliphatic rings. The smallest absolute Gasteiger partial charge is 0.119 e. The van der Waals surface area contributed by atoms with E-state index in [0.717, 1.165) is 12.3 Å². The van der Waals surface area contributed by atoms with Crippen LogP contribution in [0.5, 0.6) is 5.75 Å². The van der Waals surface area contributed by atoms with Gasteiger partial charge >= 0.3 is 0 Å². The topological polar surface area (TPSA) is 21.3 Å². The molecule has 0 spiro atoms. The van der Waals surface area contributed by atoms with Crippen LogP contribution in [-0.4, -0.2) is 12.6 Å². The van der Waals surface area contributed by atoms with Gasteiger partial charge in [-0.2, -0.15) is 0 Å². The highest BCUT2D eigenvalue weighted by atomic mass is 16.5. The highest BCUT2D eigenvalue weighted by Crippen LogP contribution is 2.12. The van der Waals surface area contributed by atoms with Gasteiger partial charge in [-0.15, -0.1) is 6.42 Å². The van der Waals surface area contributed by atoms with Crippen molar-refractivity contribution in [3.05, 3.63) is 29.8 Å². The van der Waals surface area contributed by atoms with Gasteiger partial charge in [-0.3, -0.25) is 5.32 Å². The molecule has 0 aliphatic heterocycles. The van der Waals surface area contributed by atoms with Crippen molar-refractivity contribution in [2.45, 2.75) is 26.4 Å². The average Bonchev–Trinajstić information content (AvgIpc) is 2.27. The minimum absolute atomic E-state index is 0.0979. The van der Waals surface area contributed by atoms with Crippen molar-refractivity contribution in [3.63, 3.8) is 0 Å². The predicted octanol–water partition coefficient (Wildman–Crippen LogP) is 2.20. The van der Waals surface area contributed by atoms with E-state index in [9.17, 15) is 0 Å². The van der Waals surface area contributed by atoms with Gasteiger partial charge in [0.05, 0.1) is 12.6 Å². The quantitative estimate of drug-likeness (QED) is 0.741. The molecule has 1 aromatic rings. The second-order valence-corrected chi connectivity index (χ2v) is 3.35. The third-order valence-electron chi connectivity index (χ3n) is 2.07. The average molecular weight is 203 g/mol. The summed E-state index contributed by atoms with van der Waals surface area (Å²) in [5.74, 6) is 3.54. The zero-order chi connectivity index (χ0) is 11.1. The van der Waals surface area contributed by atoms with Crippen LogP contribution in [0.4, 0.5) is 0 Å². The maximum atomic E-state index is 5.41. The summed E-state index contributed by atoms with van der Waals surface area (Å²) in [4.78, 5) is 0. The molecule has 0 amide bonds. The van der Waals surface area contributed by atoms with Gasteiger partial charge in [0.15, 0.2) is 0 Å². The lowest BCUT2D eigenvalue weighted by Crippen LogP contribution is -2.23. The van der Waals surface area contributed by atoms with Crippen molar-refractivity contribution >= 4 is 0 Å². The molecule has 2 heteroatoms. The summed E-state index contributed by atoms with van der Waals surface area (Å²) in [6.45, 7) is 5.40. The maximum Gasteiger partial charge on any atom is 0.119 e. The van der Waals surface area contributed by atoms with Crippen LogP contribution in [0, 0.1) is 12.3 Å². The Bertz CT molecular complexity index is 341. The van der Waals surface area contributed by atoms with E-state index in [4.69, 9.17) is 11.2 Å². The SMILES string of the molecule is C#CC(C)NCc1cccc(OCC)c1. The molecule has 1 aromatic carbocycles. The molecule has 0 saturated carbocycles. The Morgan fingerprint density at radius 1 is 1.53 bits per heavy atom. The van der Waals surface area contributed by atoms with Gasteiger partial charge < -0.3 is 4.74 Å². The van der Waals surface area contributed by atoms with Crippen LogP contribution in [0.3, 0.4) is 0 Å². The molecule has 0 heterocycles. The molecule has 0 radical (unpaired) electrons. The highest BCUT2D eigenvalue weighted by molar-refractivity contribution is 5.28. The molecule has 1 unspecified atom stereocenters. The van der Waals surface area contributed by atoms with Crippen LogP contribution in [0.1, 0.15) is 19.4 Å². The Morgan fingerprint density at radius 3 is 3.00 bits per heavy atom. The fraction of sp³-hybridized carbons (Fsp3) is 0.385. The van der Waals surface area contributed by atoms with Crippen molar-refractivity contribution in [1.82, 2.24) is 5.32 Å². The first-order valence-corrected chi connectivity index (χ1v) is 5.17. The Labute approximate surface area is 91.6 Å². The fourth-order valence-electron chi connectivity index (χ4n) is 1.24. The Balaban J connectivity index is 2.54. The molecule has 2 nitrogen and oxygen atoms in total. The van der Waals surface area contributed by atoms with Crippen LogP contribution >= 0.6 is 0 Å². The van der Waals surface area contributed by atoms with Gasteiger partial charge in [-0.25, -0.2) is 0 Å². The number of hydrogen-bond acceptors (Lipinski definition) is 2. The van der Waals surface area contributed by atoms with Crippen molar-refractivity contribution in [1.29, 1.82) is 0 Å². The molecule has 1 atom stereocenters. The van der Waals surface area contributed by atoms with Crippen LogP contribution in [0.25, 0.3) is 0 Å². The first-order chi connectivity index (χ1) is 7.26. The Kier molecular flexibility index (Phi) is 4.73. The summed E-state index contributed by atoms with van der Waals surface area (Å²) in [5.41, 5.74) is 1.18. The number of nitrogens with one attached hydrogen (secondary N) is 1. The number of rotatable bonds is 5. The summed E-state index contributed by atoms with van der Waals surface area (Å²) in [6, 6.07) is 8.12. The number of hydrogen-bond donors (Lipinski definition) is 1. The molecule has 0 saturated heterocycles. The molecule has 15 heavy (non-hydrogen) atoms. The van der Waals surface area contributed by atoms with E-state index in [2.05, 4.69) is 17.3 Å². The normalized spacial score (nSPS) is 11.8. The molecule has 0 aromatic heterocycles. The van der Waals surface area contributed by atoms with Crippen LogP contribution in [-0.2, 0) is 6.54 Å². The molecule has 0 bridgehead atoms. The molecule has 80 valence electrons. The van der Waals surface area contributed by atoms with Gasteiger partial charge in [-0.05, 0) is 31.5 Å². The highest BCUT2D eigenvalue weighted by Gasteiger charge is 1.98. The second-order valence-electron chi connectivity index (χ2n) is 3.35. The minimum atomic E-state index is 0.0979. The van der Waals surface area contributed by atoms with Crippen molar-refractivity contribution in [2.24, 2.45) is 0 Å². The monoisotopic (exact) mass is 203 g/mol. The summed E-state index contributed by atoms with van der Waals surface area (Å²) in [7, 11) is 0. The lowest BCUT2D eigenvalue weighted by Gasteiger charge is -2.09. The van der Waals surface area contributed by atoms with Crippen LogP contribution in [0.2, 0.25) is 0 Å².